The van der Waals surface area contributed by atoms with E-state index in [1.54, 1.807) is 0 Å². The van der Waals surface area contributed by atoms with Crippen molar-refractivity contribution in [3.63, 3.8) is 0 Å². The molecule has 90 valence electrons. The van der Waals surface area contributed by atoms with Gasteiger partial charge in [0, 0.05) is 16.5 Å². The molecule has 0 aliphatic carbocycles. The van der Waals surface area contributed by atoms with E-state index >= 15 is 0 Å². The molecule has 1 aromatic carbocycles. The zero-order chi connectivity index (χ0) is 12.4. The Hall–Kier alpha value is -1.59. The Morgan fingerprint density at radius 2 is 2.24 bits per heavy atom. The van der Waals surface area contributed by atoms with Crippen molar-refractivity contribution < 1.29 is 14.2 Å². The van der Waals surface area contributed by atoms with Crippen LogP contribution in [0.5, 0.6) is 11.5 Å². The quantitative estimate of drug-likeness (QED) is 0.884. The summed E-state index contributed by atoms with van der Waals surface area (Å²) in [7, 11) is 1.37. The molecule has 2 rings (SSSR count). The van der Waals surface area contributed by atoms with Crippen molar-refractivity contribution in [2.45, 2.75) is 6.04 Å². The van der Waals surface area contributed by atoms with E-state index in [2.05, 4.69) is 0 Å². The van der Waals surface area contributed by atoms with Crippen LogP contribution in [0, 0.1) is 5.82 Å². The van der Waals surface area contributed by atoms with Gasteiger partial charge in [0.2, 0.25) is 0 Å². The van der Waals surface area contributed by atoms with Crippen molar-refractivity contribution in [1.82, 2.24) is 0 Å². The van der Waals surface area contributed by atoms with E-state index in [-0.39, 0.29) is 11.5 Å². The smallest absolute Gasteiger partial charge is 0.163 e. The lowest BCUT2D eigenvalue weighted by Gasteiger charge is -2.14. The monoisotopic (exact) mass is 253 g/mol. The molecule has 0 aliphatic rings. The van der Waals surface area contributed by atoms with Crippen molar-refractivity contribution in [2.24, 2.45) is 5.73 Å². The van der Waals surface area contributed by atoms with Crippen LogP contribution >= 0.6 is 11.3 Å². The number of hydrogen-bond donors (Lipinski definition) is 2. The predicted octanol–water partition coefficient (Wildman–Crippen LogP) is 2.65. The van der Waals surface area contributed by atoms with E-state index in [1.807, 2.05) is 17.5 Å². The van der Waals surface area contributed by atoms with Gasteiger partial charge in [-0.1, -0.05) is 6.07 Å². The van der Waals surface area contributed by atoms with Crippen molar-refractivity contribution in [3.05, 3.63) is 45.9 Å². The molecule has 0 radical (unpaired) electrons. The van der Waals surface area contributed by atoms with Gasteiger partial charge in [-0.15, -0.1) is 11.3 Å². The Labute approximate surface area is 102 Å². The van der Waals surface area contributed by atoms with Gasteiger partial charge in [0.15, 0.2) is 11.5 Å². The number of phenols is 1. The lowest BCUT2D eigenvalue weighted by molar-refractivity contribution is 0.366. The van der Waals surface area contributed by atoms with Gasteiger partial charge in [-0.05, 0) is 17.5 Å². The summed E-state index contributed by atoms with van der Waals surface area (Å²) in [5.74, 6) is -0.511. The van der Waals surface area contributed by atoms with Crippen LogP contribution in [0.1, 0.15) is 16.5 Å². The van der Waals surface area contributed by atoms with Crippen LogP contribution in [0.4, 0.5) is 4.39 Å². The molecule has 0 saturated carbocycles. The first-order chi connectivity index (χ1) is 8.13. The van der Waals surface area contributed by atoms with E-state index in [0.29, 0.717) is 5.56 Å². The van der Waals surface area contributed by atoms with Crippen LogP contribution < -0.4 is 10.5 Å². The molecule has 5 heteroatoms. The topological polar surface area (TPSA) is 55.5 Å². The number of hydrogen-bond acceptors (Lipinski definition) is 4. The van der Waals surface area contributed by atoms with Crippen molar-refractivity contribution in [3.8, 4) is 11.5 Å². The number of halogens is 1. The molecular weight excluding hydrogens is 241 g/mol. The highest BCUT2D eigenvalue weighted by molar-refractivity contribution is 7.10. The van der Waals surface area contributed by atoms with Crippen molar-refractivity contribution in [1.29, 1.82) is 0 Å². The maximum absolute atomic E-state index is 13.4. The average Bonchev–Trinajstić information content (AvgIpc) is 2.84. The number of benzene rings is 1. The molecule has 3 N–H and O–H groups in total. The largest absolute Gasteiger partial charge is 0.504 e. The fraction of sp³-hybridized carbons (Fsp3) is 0.167. The second-order valence-electron chi connectivity index (χ2n) is 3.54. The first kappa shape index (κ1) is 11.9. The first-order valence-corrected chi connectivity index (χ1v) is 5.87. The van der Waals surface area contributed by atoms with Crippen LogP contribution in [0.3, 0.4) is 0 Å². The van der Waals surface area contributed by atoms with E-state index in [4.69, 9.17) is 10.5 Å². The second-order valence-corrected chi connectivity index (χ2v) is 4.52. The molecule has 0 bridgehead atoms. The molecule has 0 saturated heterocycles. The fourth-order valence-electron chi connectivity index (χ4n) is 1.61. The fourth-order valence-corrected chi connectivity index (χ4v) is 2.35. The van der Waals surface area contributed by atoms with Crippen molar-refractivity contribution >= 4 is 11.3 Å². The van der Waals surface area contributed by atoms with E-state index in [1.165, 1.54) is 24.5 Å². The molecule has 0 fully saturated rings. The number of ether oxygens (including phenoxy) is 1. The van der Waals surface area contributed by atoms with Gasteiger partial charge >= 0.3 is 0 Å². The number of aromatic hydroxyl groups is 1. The lowest BCUT2D eigenvalue weighted by atomic mass is 10.0. The Morgan fingerprint density at radius 3 is 2.82 bits per heavy atom. The van der Waals surface area contributed by atoms with Gasteiger partial charge < -0.3 is 15.6 Å². The van der Waals surface area contributed by atoms with Gasteiger partial charge in [0.05, 0.1) is 13.2 Å². The highest BCUT2D eigenvalue weighted by Gasteiger charge is 2.18. The highest BCUT2D eigenvalue weighted by atomic mass is 32.1. The third-order valence-corrected chi connectivity index (χ3v) is 3.43. The van der Waals surface area contributed by atoms with Gasteiger partial charge in [0.1, 0.15) is 5.82 Å². The number of rotatable bonds is 3. The molecule has 0 amide bonds. The normalized spacial score (nSPS) is 12.4. The van der Waals surface area contributed by atoms with Gasteiger partial charge in [-0.2, -0.15) is 0 Å². The summed E-state index contributed by atoms with van der Waals surface area (Å²) >= 11 is 1.45. The maximum Gasteiger partial charge on any atom is 0.163 e. The molecule has 0 aliphatic heterocycles. The SMILES string of the molecule is COc1cc(F)cc([C@H](N)c2cccs2)c1O. The molecule has 1 aromatic heterocycles. The highest BCUT2D eigenvalue weighted by Crippen LogP contribution is 2.37. The molecule has 1 heterocycles. The van der Waals surface area contributed by atoms with Gasteiger partial charge in [0.25, 0.3) is 0 Å². The first-order valence-electron chi connectivity index (χ1n) is 4.99. The summed E-state index contributed by atoms with van der Waals surface area (Å²) in [5, 5.41) is 11.8. The number of thiophene rings is 1. The summed E-state index contributed by atoms with van der Waals surface area (Å²) in [4.78, 5) is 0.855. The van der Waals surface area contributed by atoms with Crippen molar-refractivity contribution in [2.75, 3.05) is 7.11 Å². The van der Waals surface area contributed by atoms with Gasteiger partial charge in [-0.25, -0.2) is 4.39 Å². The van der Waals surface area contributed by atoms with Crippen LogP contribution in [-0.4, -0.2) is 12.2 Å². The van der Waals surface area contributed by atoms with E-state index in [9.17, 15) is 9.50 Å². The summed E-state index contributed by atoms with van der Waals surface area (Å²) in [6, 6.07) is 5.49. The Morgan fingerprint density at radius 1 is 1.47 bits per heavy atom. The molecule has 3 nitrogen and oxygen atoms in total. The summed E-state index contributed by atoms with van der Waals surface area (Å²) in [5.41, 5.74) is 6.31. The third kappa shape index (κ3) is 2.25. The third-order valence-electron chi connectivity index (χ3n) is 2.47. The maximum atomic E-state index is 13.4. The zero-order valence-electron chi connectivity index (χ0n) is 9.18. The van der Waals surface area contributed by atoms with E-state index in [0.717, 1.165) is 10.9 Å². The standard InChI is InChI=1S/C12H12FNO2S/c1-16-9-6-7(13)5-8(12(9)15)11(14)10-3-2-4-17-10/h2-6,11,15H,14H2,1H3/t11-/m0/s1. The Bertz CT molecular complexity index is 513. The molecule has 17 heavy (non-hydrogen) atoms. The average molecular weight is 253 g/mol. The minimum atomic E-state index is -0.556. The predicted molar refractivity (Wildman–Crippen MR) is 65.0 cm³/mol. The number of phenolic OH excluding ortho intramolecular Hbond substituents is 1. The van der Waals surface area contributed by atoms with E-state index < -0.39 is 11.9 Å². The van der Waals surface area contributed by atoms with Crippen LogP contribution in [0.2, 0.25) is 0 Å². The molecule has 0 unspecified atom stereocenters. The van der Waals surface area contributed by atoms with Crippen LogP contribution in [0.25, 0.3) is 0 Å². The minimum Gasteiger partial charge on any atom is -0.504 e. The summed E-state index contributed by atoms with van der Waals surface area (Å²) in [6.45, 7) is 0. The molecule has 0 spiro atoms. The van der Waals surface area contributed by atoms with Crippen LogP contribution in [-0.2, 0) is 0 Å². The number of nitrogens with two attached hydrogens (primary N) is 1. The minimum absolute atomic E-state index is 0.0898. The molecule has 2 aromatic rings. The Kier molecular flexibility index (Phi) is 3.31. The zero-order valence-corrected chi connectivity index (χ0v) is 10.00. The number of methoxy groups -OCH3 is 1. The Balaban J connectivity index is 2.48. The van der Waals surface area contributed by atoms with Crippen LogP contribution in [0.15, 0.2) is 29.6 Å². The lowest BCUT2D eigenvalue weighted by Crippen LogP contribution is -2.11. The molecule has 1 atom stereocenters. The second kappa shape index (κ2) is 4.73. The molecular formula is C12H12FNO2S. The van der Waals surface area contributed by atoms with Gasteiger partial charge in [-0.3, -0.25) is 0 Å². The summed E-state index contributed by atoms with van der Waals surface area (Å²) in [6.07, 6.45) is 0. The summed E-state index contributed by atoms with van der Waals surface area (Å²) < 4.78 is 18.2.